The molecule has 5 nitrogen and oxygen atoms in total. The molecule has 0 bridgehead atoms. The molecule has 0 aliphatic carbocycles. The number of benzene rings is 1. The first-order valence-electron chi connectivity index (χ1n) is 6.44. The summed E-state index contributed by atoms with van der Waals surface area (Å²) in [7, 11) is 1.49. The van der Waals surface area contributed by atoms with Gasteiger partial charge in [0, 0.05) is 18.3 Å². The number of rotatable bonds is 4. The van der Waals surface area contributed by atoms with Gasteiger partial charge in [0.1, 0.15) is 17.4 Å². The van der Waals surface area contributed by atoms with Crippen LogP contribution >= 0.6 is 0 Å². The number of ether oxygens (including phenoxy) is 1. The summed E-state index contributed by atoms with van der Waals surface area (Å²) in [6.45, 7) is 2.04. The third-order valence-corrected chi connectivity index (χ3v) is 2.99. The lowest BCUT2D eigenvalue weighted by atomic mass is 10.2. The number of guanidine groups is 1. The predicted octanol–water partition coefficient (Wildman–Crippen LogP) is 2.67. The molecule has 0 saturated carbocycles. The SMILES string of the molecule is COc1cccc(F)c1CNC(=N)Nc1ncccc1C. The summed E-state index contributed by atoms with van der Waals surface area (Å²) in [5, 5.41) is 13.5. The Morgan fingerprint density at radius 3 is 2.86 bits per heavy atom. The van der Waals surface area contributed by atoms with Crippen LogP contribution in [-0.4, -0.2) is 18.1 Å². The van der Waals surface area contributed by atoms with Crippen molar-refractivity contribution in [3.63, 3.8) is 0 Å². The zero-order valence-corrected chi connectivity index (χ0v) is 11.9. The topological polar surface area (TPSA) is 70.0 Å². The van der Waals surface area contributed by atoms with Crippen LogP contribution in [0.1, 0.15) is 11.1 Å². The maximum atomic E-state index is 13.8. The van der Waals surface area contributed by atoms with Crippen molar-refractivity contribution in [2.45, 2.75) is 13.5 Å². The molecule has 0 unspecified atom stereocenters. The molecule has 1 heterocycles. The first kappa shape index (κ1) is 14.8. The zero-order valence-electron chi connectivity index (χ0n) is 11.9. The summed E-state index contributed by atoms with van der Waals surface area (Å²) in [6, 6.07) is 8.34. The van der Waals surface area contributed by atoms with Gasteiger partial charge in [-0.05, 0) is 30.7 Å². The second kappa shape index (κ2) is 6.69. The number of nitrogens with zero attached hydrogens (tertiary/aromatic N) is 1. The molecule has 2 rings (SSSR count). The Hall–Kier alpha value is -2.63. The van der Waals surface area contributed by atoms with Gasteiger partial charge in [0.15, 0.2) is 5.96 Å². The first-order chi connectivity index (χ1) is 10.1. The minimum absolute atomic E-state index is 0.0436. The van der Waals surface area contributed by atoms with Crippen LogP contribution in [0.3, 0.4) is 0 Å². The van der Waals surface area contributed by atoms with Crippen molar-refractivity contribution in [1.82, 2.24) is 10.3 Å². The van der Waals surface area contributed by atoms with E-state index in [1.54, 1.807) is 18.3 Å². The minimum Gasteiger partial charge on any atom is -0.496 e. The molecule has 2 aromatic rings. The summed E-state index contributed by atoms with van der Waals surface area (Å²) in [6.07, 6.45) is 1.64. The van der Waals surface area contributed by atoms with Crippen LogP contribution in [0.4, 0.5) is 10.2 Å². The number of methoxy groups -OCH3 is 1. The van der Waals surface area contributed by atoms with Crippen molar-refractivity contribution in [3.8, 4) is 5.75 Å². The Kier molecular flexibility index (Phi) is 4.71. The second-order valence-electron chi connectivity index (χ2n) is 4.44. The van der Waals surface area contributed by atoms with Gasteiger partial charge in [0.25, 0.3) is 0 Å². The zero-order chi connectivity index (χ0) is 15.2. The number of hydrogen-bond donors (Lipinski definition) is 3. The summed E-state index contributed by atoms with van der Waals surface area (Å²) < 4.78 is 18.9. The molecule has 6 heteroatoms. The lowest BCUT2D eigenvalue weighted by Crippen LogP contribution is -2.30. The Bertz CT molecular complexity index is 645. The highest BCUT2D eigenvalue weighted by Crippen LogP contribution is 2.20. The molecule has 21 heavy (non-hydrogen) atoms. The molecule has 0 aliphatic heterocycles. The van der Waals surface area contributed by atoms with E-state index in [4.69, 9.17) is 10.1 Å². The Morgan fingerprint density at radius 1 is 1.33 bits per heavy atom. The normalized spacial score (nSPS) is 10.0. The Labute approximate surface area is 122 Å². The van der Waals surface area contributed by atoms with Gasteiger partial charge in [-0.25, -0.2) is 9.37 Å². The van der Waals surface area contributed by atoms with Crippen LogP contribution in [0, 0.1) is 18.2 Å². The first-order valence-corrected chi connectivity index (χ1v) is 6.44. The maximum absolute atomic E-state index is 13.8. The molecule has 0 amide bonds. The Balaban J connectivity index is 2.01. The van der Waals surface area contributed by atoms with E-state index < -0.39 is 0 Å². The minimum atomic E-state index is -0.372. The van der Waals surface area contributed by atoms with Gasteiger partial charge in [-0.3, -0.25) is 5.41 Å². The van der Waals surface area contributed by atoms with Crippen molar-refractivity contribution in [3.05, 3.63) is 53.5 Å². The van der Waals surface area contributed by atoms with Gasteiger partial charge in [0.05, 0.1) is 7.11 Å². The quantitative estimate of drug-likeness (QED) is 0.597. The summed E-state index contributed by atoms with van der Waals surface area (Å²) in [5.41, 5.74) is 1.30. The number of aromatic nitrogens is 1. The lowest BCUT2D eigenvalue weighted by Gasteiger charge is -2.13. The van der Waals surface area contributed by atoms with Gasteiger partial charge in [-0.1, -0.05) is 12.1 Å². The molecular formula is C15H17FN4O. The molecule has 1 aromatic heterocycles. The van der Waals surface area contributed by atoms with E-state index in [1.165, 1.54) is 13.2 Å². The van der Waals surface area contributed by atoms with Gasteiger partial charge < -0.3 is 15.4 Å². The van der Waals surface area contributed by atoms with E-state index in [0.717, 1.165) is 5.56 Å². The van der Waals surface area contributed by atoms with Crippen molar-refractivity contribution < 1.29 is 9.13 Å². The van der Waals surface area contributed by atoms with E-state index in [9.17, 15) is 4.39 Å². The molecule has 0 saturated heterocycles. The van der Waals surface area contributed by atoms with E-state index >= 15 is 0 Å². The summed E-state index contributed by atoms with van der Waals surface area (Å²) in [5.74, 6) is 0.714. The van der Waals surface area contributed by atoms with Crippen LogP contribution in [0.5, 0.6) is 5.75 Å². The highest BCUT2D eigenvalue weighted by atomic mass is 19.1. The molecule has 0 spiro atoms. The number of hydrogen-bond acceptors (Lipinski definition) is 3. The predicted molar refractivity (Wildman–Crippen MR) is 80.1 cm³/mol. The fourth-order valence-electron chi connectivity index (χ4n) is 1.86. The van der Waals surface area contributed by atoms with Crippen LogP contribution in [0.2, 0.25) is 0 Å². The molecule has 0 atom stereocenters. The van der Waals surface area contributed by atoms with Crippen molar-refractivity contribution in [1.29, 1.82) is 5.41 Å². The fourth-order valence-corrected chi connectivity index (χ4v) is 1.86. The number of pyridine rings is 1. The monoisotopic (exact) mass is 288 g/mol. The largest absolute Gasteiger partial charge is 0.496 e. The average Bonchev–Trinajstić information content (AvgIpc) is 2.48. The van der Waals surface area contributed by atoms with E-state index in [1.807, 2.05) is 19.1 Å². The third-order valence-electron chi connectivity index (χ3n) is 2.99. The van der Waals surface area contributed by atoms with Crippen molar-refractivity contribution >= 4 is 11.8 Å². The van der Waals surface area contributed by atoms with Gasteiger partial charge in [0.2, 0.25) is 0 Å². The van der Waals surface area contributed by atoms with Crippen LogP contribution in [-0.2, 0) is 6.54 Å². The number of halogens is 1. The number of aryl methyl sites for hydroxylation is 1. The van der Waals surface area contributed by atoms with Crippen molar-refractivity contribution in [2.75, 3.05) is 12.4 Å². The van der Waals surface area contributed by atoms with Crippen LogP contribution in [0.25, 0.3) is 0 Å². The lowest BCUT2D eigenvalue weighted by molar-refractivity contribution is 0.403. The second-order valence-corrected chi connectivity index (χ2v) is 4.44. The smallest absolute Gasteiger partial charge is 0.194 e. The highest BCUT2D eigenvalue weighted by Gasteiger charge is 2.09. The molecule has 3 N–H and O–H groups in total. The third kappa shape index (κ3) is 3.68. The van der Waals surface area contributed by atoms with Crippen molar-refractivity contribution in [2.24, 2.45) is 0 Å². The molecule has 1 aromatic carbocycles. The van der Waals surface area contributed by atoms with Crippen LogP contribution < -0.4 is 15.4 Å². The van der Waals surface area contributed by atoms with E-state index in [0.29, 0.717) is 17.1 Å². The van der Waals surface area contributed by atoms with Gasteiger partial charge >= 0.3 is 0 Å². The standard InChI is InChI=1S/C15H17FN4O/c1-10-5-4-8-18-14(10)20-15(17)19-9-11-12(16)6-3-7-13(11)21-2/h3-8H,9H2,1-2H3,(H3,17,18,19,20). The van der Waals surface area contributed by atoms with E-state index in [2.05, 4.69) is 15.6 Å². The molecular weight excluding hydrogens is 271 g/mol. The highest BCUT2D eigenvalue weighted by molar-refractivity contribution is 5.90. The molecule has 0 radical (unpaired) electrons. The number of anilines is 1. The van der Waals surface area contributed by atoms with Gasteiger partial charge in [-0.2, -0.15) is 0 Å². The Morgan fingerprint density at radius 2 is 2.14 bits per heavy atom. The summed E-state index contributed by atoms with van der Waals surface area (Å²) in [4.78, 5) is 4.13. The molecule has 110 valence electrons. The van der Waals surface area contributed by atoms with Gasteiger partial charge in [-0.15, -0.1) is 0 Å². The van der Waals surface area contributed by atoms with Crippen LogP contribution in [0.15, 0.2) is 36.5 Å². The average molecular weight is 288 g/mol. The molecule has 0 fully saturated rings. The maximum Gasteiger partial charge on any atom is 0.194 e. The molecule has 0 aliphatic rings. The van der Waals surface area contributed by atoms with E-state index in [-0.39, 0.29) is 18.3 Å². The number of nitrogens with one attached hydrogen (secondary N) is 3. The summed E-state index contributed by atoms with van der Waals surface area (Å²) >= 11 is 0. The fraction of sp³-hybridized carbons (Fsp3) is 0.200.